The molecule has 0 aliphatic rings. The molecular formula is C6H16N4. The van der Waals surface area contributed by atoms with Gasteiger partial charge in [0.15, 0.2) is 0 Å². The molecule has 0 aromatic carbocycles. The van der Waals surface area contributed by atoms with Crippen LogP contribution >= 0.6 is 0 Å². The smallest absolute Gasteiger partial charge is 0.205 e. The largest absolute Gasteiger partial charge is 0.351 e. The van der Waals surface area contributed by atoms with E-state index in [0.29, 0.717) is 5.96 Å². The Bertz CT molecular complexity index is 122. The van der Waals surface area contributed by atoms with Gasteiger partial charge in [-0.15, -0.1) is 0 Å². The van der Waals surface area contributed by atoms with Crippen LogP contribution in [-0.2, 0) is 0 Å². The van der Waals surface area contributed by atoms with Crippen molar-refractivity contribution in [2.75, 3.05) is 7.05 Å². The van der Waals surface area contributed by atoms with Crippen molar-refractivity contribution >= 4 is 5.96 Å². The maximum absolute atomic E-state index is 5.15. The van der Waals surface area contributed by atoms with Gasteiger partial charge in [0.25, 0.3) is 0 Å². The van der Waals surface area contributed by atoms with Crippen LogP contribution in [0.4, 0.5) is 0 Å². The Morgan fingerprint density at radius 2 is 1.90 bits per heavy atom. The van der Waals surface area contributed by atoms with Gasteiger partial charge in [-0.2, -0.15) is 0 Å². The van der Waals surface area contributed by atoms with E-state index in [9.17, 15) is 0 Å². The van der Waals surface area contributed by atoms with E-state index in [-0.39, 0.29) is 5.54 Å². The van der Waals surface area contributed by atoms with E-state index in [0.717, 1.165) is 0 Å². The molecule has 0 atom stereocenters. The number of nitrogens with zero attached hydrogens (tertiary/aromatic N) is 1. The third-order valence-corrected chi connectivity index (χ3v) is 0.854. The van der Waals surface area contributed by atoms with Gasteiger partial charge in [-0.05, 0) is 20.8 Å². The number of guanidine groups is 1. The van der Waals surface area contributed by atoms with Crippen molar-refractivity contribution in [2.24, 2.45) is 10.8 Å². The Balaban J connectivity index is 3.88. The fraction of sp³-hybridized carbons (Fsp3) is 0.833. The molecule has 0 spiro atoms. The molecular weight excluding hydrogens is 128 g/mol. The molecule has 60 valence electrons. The second-order valence-electron chi connectivity index (χ2n) is 3.09. The number of rotatable bonds is 0. The molecule has 0 aromatic heterocycles. The lowest BCUT2D eigenvalue weighted by molar-refractivity contribution is 0.502. The first-order valence-electron chi connectivity index (χ1n) is 3.21. The quantitative estimate of drug-likeness (QED) is 0.191. The zero-order valence-electron chi connectivity index (χ0n) is 7.02. The van der Waals surface area contributed by atoms with E-state index < -0.39 is 0 Å². The molecule has 0 aromatic rings. The van der Waals surface area contributed by atoms with E-state index in [1.807, 2.05) is 20.8 Å². The minimum atomic E-state index is 0.00120. The zero-order valence-corrected chi connectivity index (χ0v) is 7.02. The van der Waals surface area contributed by atoms with Crippen molar-refractivity contribution in [1.82, 2.24) is 10.7 Å². The van der Waals surface area contributed by atoms with Crippen LogP contribution in [0.15, 0.2) is 4.99 Å². The topological polar surface area (TPSA) is 62.4 Å². The van der Waals surface area contributed by atoms with Crippen LogP contribution in [0.1, 0.15) is 20.8 Å². The molecule has 4 nitrogen and oxygen atoms in total. The highest BCUT2D eigenvalue weighted by Gasteiger charge is 2.09. The Kier molecular flexibility index (Phi) is 3.15. The molecule has 4 N–H and O–H groups in total. The molecule has 4 heteroatoms. The second kappa shape index (κ2) is 3.41. The monoisotopic (exact) mass is 144 g/mol. The minimum Gasteiger partial charge on any atom is -0.351 e. The number of aliphatic imine (C=N–C) groups is 1. The third-order valence-electron chi connectivity index (χ3n) is 0.854. The average Bonchev–Trinajstić information content (AvgIpc) is 1.81. The van der Waals surface area contributed by atoms with E-state index in [1.54, 1.807) is 7.05 Å². The molecule has 0 unspecified atom stereocenters. The van der Waals surface area contributed by atoms with E-state index >= 15 is 0 Å². The summed E-state index contributed by atoms with van der Waals surface area (Å²) in [5.41, 5.74) is 2.45. The number of hydrazine groups is 1. The lowest BCUT2D eigenvalue weighted by Crippen LogP contribution is -2.49. The van der Waals surface area contributed by atoms with Crippen molar-refractivity contribution in [3.05, 3.63) is 0 Å². The Morgan fingerprint density at radius 1 is 1.40 bits per heavy atom. The van der Waals surface area contributed by atoms with Gasteiger partial charge in [-0.1, -0.05) is 0 Å². The lowest BCUT2D eigenvalue weighted by Gasteiger charge is -2.22. The maximum atomic E-state index is 5.15. The SMILES string of the molecule is CN=C(NN)NC(C)(C)C. The average molecular weight is 144 g/mol. The summed E-state index contributed by atoms with van der Waals surface area (Å²) >= 11 is 0. The number of nitrogens with one attached hydrogen (secondary N) is 2. The molecule has 0 rings (SSSR count). The van der Waals surface area contributed by atoms with E-state index in [2.05, 4.69) is 15.7 Å². The van der Waals surface area contributed by atoms with Crippen molar-refractivity contribution in [1.29, 1.82) is 0 Å². The van der Waals surface area contributed by atoms with Crippen molar-refractivity contribution in [3.63, 3.8) is 0 Å². The van der Waals surface area contributed by atoms with Crippen LogP contribution in [0.25, 0.3) is 0 Å². The summed E-state index contributed by atoms with van der Waals surface area (Å²) in [6.07, 6.45) is 0. The normalized spacial score (nSPS) is 13.1. The molecule has 0 saturated heterocycles. The van der Waals surface area contributed by atoms with Crippen LogP contribution in [0.2, 0.25) is 0 Å². The van der Waals surface area contributed by atoms with Crippen molar-refractivity contribution in [2.45, 2.75) is 26.3 Å². The van der Waals surface area contributed by atoms with Crippen LogP contribution in [0, 0.1) is 0 Å². The molecule has 0 bridgehead atoms. The summed E-state index contributed by atoms with van der Waals surface area (Å²) in [7, 11) is 1.67. The Labute approximate surface area is 61.9 Å². The van der Waals surface area contributed by atoms with Gasteiger partial charge in [0, 0.05) is 12.6 Å². The first kappa shape index (κ1) is 9.23. The molecule has 0 aliphatic heterocycles. The summed E-state index contributed by atoms with van der Waals surface area (Å²) in [4.78, 5) is 3.86. The van der Waals surface area contributed by atoms with Gasteiger partial charge in [0.05, 0.1) is 0 Å². The van der Waals surface area contributed by atoms with Gasteiger partial charge in [0.2, 0.25) is 5.96 Å². The van der Waals surface area contributed by atoms with Gasteiger partial charge in [-0.25, -0.2) is 5.84 Å². The highest BCUT2D eigenvalue weighted by atomic mass is 15.3. The minimum absolute atomic E-state index is 0.00120. The van der Waals surface area contributed by atoms with Crippen LogP contribution in [0.3, 0.4) is 0 Å². The fourth-order valence-corrected chi connectivity index (χ4v) is 0.512. The maximum Gasteiger partial charge on any atom is 0.205 e. The van der Waals surface area contributed by atoms with Gasteiger partial charge in [-0.3, -0.25) is 10.4 Å². The molecule has 0 heterocycles. The van der Waals surface area contributed by atoms with Gasteiger partial charge >= 0.3 is 0 Å². The van der Waals surface area contributed by atoms with Crippen molar-refractivity contribution < 1.29 is 0 Å². The summed E-state index contributed by atoms with van der Waals surface area (Å²) < 4.78 is 0. The number of hydrogen-bond donors (Lipinski definition) is 3. The van der Waals surface area contributed by atoms with Gasteiger partial charge in [0.1, 0.15) is 0 Å². The van der Waals surface area contributed by atoms with Crippen LogP contribution in [-0.4, -0.2) is 18.5 Å². The molecule has 10 heavy (non-hydrogen) atoms. The number of nitrogens with two attached hydrogens (primary N) is 1. The lowest BCUT2D eigenvalue weighted by atomic mass is 10.1. The molecule has 0 saturated carbocycles. The van der Waals surface area contributed by atoms with E-state index in [4.69, 9.17) is 5.84 Å². The van der Waals surface area contributed by atoms with Crippen molar-refractivity contribution in [3.8, 4) is 0 Å². The fourth-order valence-electron chi connectivity index (χ4n) is 0.512. The second-order valence-corrected chi connectivity index (χ2v) is 3.09. The third kappa shape index (κ3) is 4.14. The summed E-state index contributed by atoms with van der Waals surface area (Å²) in [5, 5.41) is 3.07. The van der Waals surface area contributed by atoms with E-state index in [1.165, 1.54) is 0 Å². The first-order valence-corrected chi connectivity index (χ1v) is 3.21. The first-order chi connectivity index (χ1) is 4.49. The highest BCUT2D eigenvalue weighted by Crippen LogP contribution is 1.96. The Morgan fingerprint density at radius 3 is 2.00 bits per heavy atom. The van der Waals surface area contributed by atoms with Crippen LogP contribution in [0.5, 0.6) is 0 Å². The Hall–Kier alpha value is -0.770. The van der Waals surface area contributed by atoms with Crippen LogP contribution < -0.4 is 16.6 Å². The summed E-state index contributed by atoms with van der Waals surface area (Å²) in [6, 6.07) is 0. The summed E-state index contributed by atoms with van der Waals surface area (Å²) in [6.45, 7) is 6.11. The molecule has 0 fully saturated rings. The standard InChI is InChI=1S/C6H16N4/c1-6(2,3)9-5(8-4)10-7/h7H2,1-4H3,(H2,8,9,10). The molecule has 0 aliphatic carbocycles. The molecule has 0 amide bonds. The predicted octanol–water partition coefficient (Wildman–Crippen LogP) is -0.176. The molecule has 0 radical (unpaired) electrons. The predicted molar refractivity (Wildman–Crippen MR) is 43.6 cm³/mol. The summed E-state index contributed by atoms with van der Waals surface area (Å²) in [5.74, 6) is 5.75. The number of hydrogen-bond acceptors (Lipinski definition) is 2. The highest BCUT2D eigenvalue weighted by molar-refractivity contribution is 5.79. The van der Waals surface area contributed by atoms with Gasteiger partial charge < -0.3 is 5.32 Å². The zero-order chi connectivity index (χ0) is 8.20.